The lowest BCUT2D eigenvalue weighted by Crippen LogP contribution is -2.45. The molecule has 1 aliphatic rings. The summed E-state index contributed by atoms with van der Waals surface area (Å²) in [7, 11) is 0. The molecule has 1 amide bonds. The summed E-state index contributed by atoms with van der Waals surface area (Å²) in [5.41, 5.74) is 1.08. The molecule has 0 aromatic carbocycles. The number of ether oxygens (including phenoxy) is 2. The zero-order chi connectivity index (χ0) is 16.2. The highest BCUT2D eigenvalue weighted by molar-refractivity contribution is 5.92. The van der Waals surface area contributed by atoms with Gasteiger partial charge in [-0.3, -0.25) is 9.89 Å². The Morgan fingerprint density at radius 1 is 1.43 bits per heavy atom. The molecule has 0 aliphatic carbocycles. The highest BCUT2D eigenvalue weighted by Gasteiger charge is 2.32. The fourth-order valence-electron chi connectivity index (χ4n) is 2.68. The summed E-state index contributed by atoms with van der Waals surface area (Å²) in [6.45, 7) is 4.90. The monoisotopic (exact) mass is 319 g/mol. The third-order valence-corrected chi connectivity index (χ3v) is 3.93. The van der Waals surface area contributed by atoms with Crippen molar-refractivity contribution < 1.29 is 18.7 Å². The van der Waals surface area contributed by atoms with E-state index in [4.69, 9.17) is 13.9 Å². The number of nitrogens with zero attached hydrogens (tertiary/aromatic N) is 1. The molecule has 1 aliphatic heterocycles. The second kappa shape index (κ2) is 6.87. The number of amides is 1. The average molecular weight is 319 g/mol. The van der Waals surface area contributed by atoms with E-state index in [-0.39, 0.29) is 18.1 Å². The van der Waals surface area contributed by atoms with Crippen LogP contribution in [0.15, 0.2) is 22.9 Å². The highest BCUT2D eigenvalue weighted by atomic mass is 16.5. The maximum Gasteiger partial charge on any atom is 0.287 e. The van der Waals surface area contributed by atoms with Gasteiger partial charge in [-0.15, -0.1) is 0 Å². The molecule has 2 N–H and O–H groups in total. The van der Waals surface area contributed by atoms with Gasteiger partial charge in [0.15, 0.2) is 11.5 Å². The number of rotatable bonds is 6. The predicted octanol–water partition coefficient (Wildman–Crippen LogP) is 1.70. The Balaban J connectivity index is 1.65. The van der Waals surface area contributed by atoms with Crippen LogP contribution in [0.3, 0.4) is 0 Å². The fourth-order valence-corrected chi connectivity index (χ4v) is 2.68. The second-order valence-electron chi connectivity index (χ2n) is 5.47. The Bertz CT molecular complexity index is 629. The number of H-pyrrole nitrogens is 1. The topological polar surface area (TPSA) is 89.4 Å². The number of aryl methyl sites for hydroxylation is 2. The van der Waals surface area contributed by atoms with Crippen molar-refractivity contribution in [2.24, 2.45) is 0 Å². The lowest BCUT2D eigenvalue weighted by Gasteiger charge is -2.19. The lowest BCUT2D eigenvalue weighted by molar-refractivity contribution is 0.0874. The number of aromatic nitrogens is 2. The number of hydrogen-bond donors (Lipinski definition) is 2. The zero-order valence-electron chi connectivity index (χ0n) is 13.3. The second-order valence-corrected chi connectivity index (χ2v) is 5.47. The van der Waals surface area contributed by atoms with Crippen LogP contribution >= 0.6 is 0 Å². The largest absolute Gasteiger partial charge is 0.482 e. The van der Waals surface area contributed by atoms with Gasteiger partial charge in [0.05, 0.1) is 31.6 Å². The van der Waals surface area contributed by atoms with Gasteiger partial charge >= 0.3 is 0 Å². The van der Waals surface area contributed by atoms with Crippen LogP contribution in [0, 0.1) is 0 Å². The number of nitrogens with one attached hydrogen (secondary N) is 2. The minimum atomic E-state index is -0.247. The van der Waals surface area contributed by atoms with Gasteiger partial charge in [0.25, 0.3) is 5.91 Å². The van der Waals surface area contributed by atoms with Crippen LogP contribution in [0.1, 0.15) is 35.7 Å². The Kier molecular flexibility index (Phi) is 4.66. The fraction of sp³-hybridized carbons (Fsp3) is 0.500. The first-order chi connectivity index (χ1) is 11.2. The van der Waals surface area contributed by atoms with Crippen molar-refractivity contribution in [2.45, 2.75) is 38.8 Å². The summed E-state index contributed by atoms with van der Waals surface area (Å²) < 4.78 is 16.9. The van der Waals surface area contributed by atoms with Crippen LogP contribution in [0.2, 0.25) is 0 Å². The Labute approximate surface area is 134 Å². The molecule has 2 aromatic rings. The normalized spacial score (nSPS) is 20.6. The van der Waals surface area contributed by atoms with Crippen molar-refractivity contribution in [1.29, 1.82) is 0 Å². The van der Waals surface area contributed by atoms with Gasteiger partial charge in [0.1, 0.15) is 11.9 Å². The molecule has 1 fully saturated rings. The summed E-state index contributed by atoms with van der Waals surface area (Å²) in [6.07, 6.45) is 4.62. The third-order valence-electron chi connectivity index (χ3n) is 3.93. The van der Waals surface area contributed by atoms with E-state index in [2.05, 4.69) is 15.5 Å². The molecule has 124 valence electrons. The maximum absolute atomic E-state index is 12.4. The van der Waals surface area contributed by atoms with E-state index in [9.17, 15) is 4.79 Å². The minimum Gasteiger partial charge on any atom is -0.482 e. The third kappa shape index (κ3) is 3.39. The highest BCUT2D eigenvalue weighted by Crippen LogP contribution is 2.19. The van der Waals surface area contributed by atoms with Crippen LogP contribution in [0.5, 0.6) is 5.75 Å². The van der Waals surface area contributed by atoms with Gasteiger partial charge in [-0.1, -0.05) is 13.8 Å². The molecule has 2 atom stereocenters. The van der Waals surface area contributed by atoms with Gasteiger partial charge in [-0.05, 0) is 18.1 Å². The molecule has 23 heavy (non-hydrogen) atoms. The molecule has 2 aromatic heterocycles. The summed E-state index contributed by atoms with van der Waals surface area (Å²) in [6, 6.07) is 1.59. The van der Waals surface area contributed by atoms with E-state index >= 15 is 0 Å². The van der Waals surface area contributed by atoms with Crippen molar-refractivity contribution in [1.82, 2.24) is 15.5 Å². The molecule has 0 bridgehead atoms. The number of furan rings is 1. The molecule has 3 heterocycles. The number of carbonyl (C=O) groups is 1. The zero-order valence-corrected chi connectivity index (χ0v) is 13.3. The van der Waals surface area contributed by atoms with Crippen molar-refractivity contribution in [3.05, 3.63) is 35.5 Å². The predicted molar refractivity (Wildman–Crippen MR) is 82.5 cm³/mol. The summed E-state index contributed by atoms with van der Waals surface area (Å²) in [5, 5.41) is 9.46. The van der Waals surface area contributed by atoms with Crippen LogP contribution < -0.4 is 10.1 Å². The van der Waals surface area contributed by atoms with Crippen LogP contribution in [0.4, 0.5) is 0 Å². The molecule has 0 radical (unpaired) electrons. The maximum atomic E-state index is 12.4. The minimum absolute atomic E-state index is 0.224. The van der Waals surface area contributed by atoms with E-state index in [1.54, 1.807) is 12.4 Å². The lowest BCUT2D eigenvalue weighted by atomic mass is 10.1. The van der Waals surface area contributed by atoms with E-state index in [0.717, 1.165) is 24.2 Å². The van der Waals surface area contributed by atoms with E-state index in [1.807, 2.05) is 19.9 Å². The Morgan fingerprint density at radius 3 is 2.96 bits per heavy atom. The van der Waals surface area contributed by atoms with Gasteiger partial charge in [0, 0.05) is 6.42 Å². The summed E-state index contributed by atoms with van der Waals surface area (Å²) >= 11 is 0. The molecular weight excluding hydrogens is 298 g/mol. The summed E-state index contributed by atoms with van der Waals surface area (Å²) in [4.78, 5) is 12.4. The SMILES string of the molecule is CCc1cc(C(=O)N[C@H]2COC[C@H]2Oc2cn[nH]c2)oc1CC. The molecule has 7 nitrogen and oxygen atoms in total. The number of carbonyl (C=O) groups excluding carboxylic acids is 1. The molecule has 0 unspecified atom stereocenters. The first kappa shape index (κ1) is 15.6. The molecule has 0 saturated carbocycles. The van der Waals surface area contributed by atoms with Crippen molar-refractivity contribution in [3.8, 4) is 5.75 Å². The molecular formula is C16H21N3O4. The molecule has 1 saturated heterocycles. The standard InChI is InChI=1S/C16H21N3O4/c1-3-10-5-14(23-13(10)4-2)16(20)19-12-8-21-9-15(12)22-11-6-17-18-7-11/h5-7,12,15H,3-4,8-9H2,1-2H3,(H,17,18)(H,19,20)/t12-,15+/m0/s1. The smallest absolute Gasteiger partial charge is 0.287 e. The molecule has 7 heteroatoms. The van der Waals surface area contributed by atoms with Crippen LogP contribution in [0.25, 0.3) is 0 Å². The van der Waals surface area contributed by atoms with E-state index < -0.39 is 0 Å². The first-order valence-corrected chi connectivity index (χ1v) is 7.86. The molecule has 0 spiro atoms. The average Bonchev–Trinajstić information content (AvgIpc) is 3.28. The van der Waals surface area contributed by atoms with Gasteiger partial charge in [-0.2, -0.15) is 5.10 Å². The van der Waals surface area contributed by atoms with Crippen LogP contribution in [-0.2, 0) is 17.6 Å². The van der Waals surface area contributed by atoms with Crippen LogP contribution in [-0.4, -0.2) is 41.5 Å². The van der Waals surface area contributed by atoms with Gasteiger partial charge in [0.2, 0.25) is 0 Å². The van der Waals surface area contributed by atoms with E-state index in [1.165, 1.54) is 0 Å². The van der Waals surface area contributed by atoms with Gasteiger partial charge in [-0.25, -0.2) is 0 Å². The first-order valence-electron chi connectivity index (χ1n) is 7.86. The summed E-state index contributed by atoms with van der Waals surface area (Å²) in [5.74, 6) is 1.59. The molecule has 3 rings (SSSR count). The number of aromatic amines is 1. The quantitative estimate of drug-likeness (QED) is 0.846. The Morgan fingerprint density at radius 2 is 2.30 bits per heavy atom. The Hall–Kier alpha value is -2.28. The van der Waals surface area contributed by atoms with Crippen molar-refractivity contribution in [2.75, 3.05) is 13.2 Å². The number of hydrogen-bond acceptors (Lipinski definition) is 5. The van der Waals surface area contributed by atoms with E-state index in [0.29, 0.717) is 24.7 Å². The van der Waals surface area contributed by atoms with Crippen molar-refractivity contribution >= 4 is 5.91 Å². The van der Waals surface area contributed by atoms with Gasteiger partial charge < -0.3 is 19.2 Å². The van der Waals surface area contributed by atoms with Crippen molar-refractivity contribution in [3.63, 3.8) is 0 Å².